The Morgan fingerprint density at radius 3 is 2.69 bits per heavy atom. The van der Waals surface area contributed by atoms with Gasteiger partial charge in [0.05, 0.1) is 34.1 Å². The number of carbonyl (C=O) groups excluding carboxylic acids is 1. The number of hydrogen-bond acceptors (Lipinski definition) is 7. The molecule has 29 heavy (non-hydrogen) atoms. The number of benzene rings is 2. The molecule has 0 aliphatic rings. The van der Waals surface area contributed by atoms with Crippen LogP contribution < -0.4 is 9.47 Å². The van der Waals surface area contributed by atoms with E-state index in [1.165, 1.54) is 24.3 Å². The standard InChI is InChI=1S/C20H15N3O6/c1-2-27-20(24)29-18-10-14-16(11-21-18)22-15-4-3-5-17(19(14)15)28-13-8-6-12(7-9-13)23(25)26/h3-11,22H,2H2,1H3. The Bertz CT molecular complexity index is 1220. The van der Waals surface area contributed by atoms with E-state index in [-0.39, 0.29) is 18.2 Å². The molecule has 0 aliphatic heterocycles. The molecule has 9 heteroatoms. The minimum absolute atomic E-state index is 0.0190. The van der Waals surface area contributed by atoms with Gasteiger partial charge in [-0.25, -0.2) is 9.78 Å². The van der Waals surface area contributed by atoms with E-state index in [4.69, 9.17) is 14.2 Å². The number of ether oxygens (including phenoxy) is 3. The molecule has 1 N–H and O–H groups in total. The van der Waals surface area contributed by atoms with Crippen molar-refractivity contribution in [2.75, 3.05) is 6.61 Å². The summed E-state index contributed by atoms with van der Waals surface area (Å²) in [5, 5.41) is 12.3. The predicted molar refractivity (Wildman–Crippen MR) is 104 cm³/mol. The number of rotatable bonds is 5. The zero-order valence-corrected chi connectivity index (χ0v) is 15.2. The second-order valence-corrected chi connectivity index (χ2v) is 6.01. The molecule has 2 aromatic carbocycles. The van der Waals surface area contributed by atoms with E-state index in [0.717, 1.165) is 21.8 Å². The normalized spacial score (nSPS) is 10.8. The van der Waals surface area contributed by atoms with Crippen LogP contribution in [0.4, 0.5) is 10.5 Å². The molecule has 0 unspecified atom stereocenters. The SMILES string of the molecule is CCOC(=O)Oc1cc2c(cn1)[nH]c1cccc(Oc3ccc([N+](=O)[O-])cc3)c12. The molecular weight excluding hydrogens is 378 g/mol. The van der Waals surface area contributed by atoms with Crippen molar-refractivity contribution < 1.29 is 23.9 Å². The third-order valence-electron chi connectivity index (χ3n) is 4.17. The van der Waals surface area contributed by atoms with Gasteiger partial charge in [-0.3, -0.25) is 10.1 Å². The van der Waals surface area contributed by atoms with Crippen LogP contribution in [0.1, 0.15) is 6.92 Å². The van der Waals surface area contributed by atoms with Crippen molar-refractivity contribution in [3.8, 4) is 17.4 Å². The van der Waals surface area contributed by atoms with Gasteiger partial charge in [0.2, 0.25) is 5.88 Å². The van der Waals surface area contributed by atoms with Crippen molar-refractivity contribution in [3.63, 3.8) is 0 Å². The summed E-state index contributed by atoms with van der Waals surface area (Å²) >= 11 is 0. The van der Waals surface area contributed by atoms with Crippen molar-refractivity contribution in [2.45, 2.75) is 6.92 Å². The summed E-state index contributed by atoms with van der Waals surface area (Å²) in [6.07, 6.45) is 0.723. The quantitative estimate of drug-likeness (QED) is 0.289. The van der Waals surface area contributed by atoms with Gasteiger partial charge in [0, 0.05) is 23.6 Å². The molecule has 0 saturated carbocycles. The van der Waals surface area contributed by atoms with Crippen molar-refractivity contribution in [3.05, 3.63) is 64.8 Å². The number of nitrogens with zero attached hydrogens (tertiary/aromatic N) is 2. The maximum atomic E-state index is 11.6. The van der Waals surface area contributed by atoms with Crippen LogP contribution in [0.25, 0.3) is 21.8 Å². The van der Waals surface area contributed by atoms with Gasteiger partial charge in [0.25, 0.3) is 5.69 Å². The lowest BCUT2D eigenvalue weighted by Gasteiger charge is -2.07. The highest BCUT2D eigenvalue weighted by molar-refractivity contribution is 6.10. The van der Waals surface area contributed by atoms with E-state index >= 15 is 0 Å². The Morgan fingerprint density at radius 1 is 1.17 bits per heavy atom. The van der Waals surface area contributed by atoms with E-state index in [1.807, 2.05) is 12.1 Å². The molecule has 0 radical (unpaired) electrons. The van der Waals surface area contributed by atoms with Gasteiger partial charge in [0.15, 0.2) is 0 Å². The lowest BCUT2D eigenvalue weighted by atomic mass is 10.1. The first-order chi connectivity index (χ1) is 14.0. The first kappa shape index (κ1) is 18.2. The van der Waals surface area contributed by atoms with Gasteiger partial charge >= 0.3 is 6.16 Å². The summed E-state index contributed by atoms with van der Waals surface area (Å²) in [6, 6.07) is 12.9. The van der Waals surface area contributed by atoms with Crippen molar-refractivity contribution >= 4 is 33.6 Å². The largest absolute Gasteiger partial charge is 0.515 e. The highest BCUT2D eigenvalue weighted by Gasteiger charge is 2.14. The minimum Gasteiger partial charge on any atom is -0.457 e. The van der Waals surface area contributed by atoms with E-state index < -0.39 is 11.1 Å². The number of aromatic amines is 1. The average Bonchev–Trinajstić information content (AvgIpc) is 3.07. The Kier molecular flexibility index (Phi) is 4.70. The number of non-ortho nitro benzene ring substituents is 1. The molecule has 146 valence electrons. The number of fused-ring (bicyclic) bond motifs is 3. The highest BCUT2D eigenvalue weighted by atomic mass is 16.7. The Hall–Kier alpha value is -4.14. The summed E-state index contributed by atoms with van der Waals surface area (Å²) in [5.74, 6) is 1.09. The van der Waals surface area contributed by atoms with E-state index in [9.17, 15) is 14.9 Å². The average molecular weight is 393 g/mol. The predicted octanol–water partition coefficient (Wildman–Crippen LogP) is 4.95. The molecule has 0 saturated heterocycles. The number of nitro groups is 1. The van der Waals surface area contributed by atoms with Crippen molar-refractivity contribution in [2.24, 2.45) is 0 Å². The molecule has 9 nitrogen and oxygen atoms in total. The van der Waals surface area contributed by atoms with Crippen LogP contribution in [-0.2, 0) is 4.74 Å². The zero-order chi connectivity index (χ0) is 20.4. The van der Waals surface area contributed by atoms with Crippen LogP contribution in [0.5, 0.6) is 17.4 Å². The zero-order valence-electron chi connectivity index (χ0n) is 15.2. The van der Waals surface area contributed by atoms with Crippen molar-refractivity contribution in [1.82, 2.24) is 9.97 Å². The molecule has 0 fully saturated rings. The molecule has 0 amide bonds. The Balaban J connectivity index is 1.73. The number of H-pyrrole nitrogens is 1. The first-order valence-corrected chi connectivity index (χ1v) is 8.72. The number of hydrogen-bond donors (Lipinski definition) is 1. The van der Waals surface area contributed by atoms with Crippen LogP contribution in [0, 0.1) is 10.1 Å². The molecule has 2 aromatic heterocycles. The lowest BCUT2D eigenvalue weighted by Crippen LogP contribution is -2.10. The number of pyridine rings is 1. The van der Waals surface area contributed by atoms with Gasteiger partial charge in [-0.15, -0.1) is 0 Å². The van der Waals surface area contributed by atoms with Crippen LogP contribution in [-0.4, -0.2) is 27.7 Å². The molecule has 0 atom stereocenters. The lowest BCUT2D eigenvalue weighted by molar-refractivity contribution is -0.384. The van der Waals surface area contributed by atoms with E-state index in [0.29, 0.717) is 11.5 Å². The van der Waals surface area contributed by atoms with Gasteiger partial charge in [-0.2, -0.15) is 0 Å². The Labute approximate surface area is 164 Å². The smallest absolute Gasteiger partial charge is 0.457 e. The fraction of sp³-hybridized carbons (Fsp3) is 0.100. The molecule has 0 spiro atoms. The third-order valence-corrected chi connectivity index (χ3v) is 4.17. The monoisotopic (exact) mass is 393 g/mol. The fourth-order valence-corrected chi connectivity index (χ4v) is 2.94. The van der Waals surface area contributed by atoms with E-state index in [1.54, 1.807) is 25.3 Å². The summed E-state index contributed by atoms with van der Waals surface area (Å²) in [5.41, 5.74) is 1.51. The third kappa shape index (κ3) is 3.65. The van der Waals surface area contributed by atoms with Gasteiger partial charge in [-0.1, -0.05) is 6.07 Å². The fourth-order valence-electron chi connectivity index (χ4n) is 2.94. The minimum atomic E-state index is -0.832. The summed E-state index contributed by atoms with van der Waals surface area (Å²) in [4.78, 5) is 29.3. The molecule has 4 rings (SSSR count). The summed E-state index contributed by atoms with van der Waals surface area (Å²) in [7, 11) is 0. The number of carbonyl (C=O) groups is 1. The molecule has 2 heterocycles. The van der Waals surface area contributed by atoms with Crippen LogP contribution in [0.15, 0.2) is 54.7 Å². The van der Waals surface area contributed by atoms with E-state index in [2.05, 4.69) is 9.97 Å². The number of nitrogens with one attached hydrogen (secondary N) is 1. The topological polar surface area (TPSA) is 117 Å². The molecule has 0 bridgehead atoms. The van der Waals surface area contributed by atoms with Crippen LogP contribution >= 0.6 is 0 Å². The maximum Gasteiger partial charge on any atom is 0.515 e. The Morgan fingerprint density at radius 2 is 1.97 bits per heavy atom. The van der Waals surface area contributed by atoms with Gasteiger partial charge < -0.3 is 19.2 Å². The first-order valence-electron chi connectivity index (χ1n) is 8.72. The van der Waals surface area contributed by atoms with Crippen molar-refractivity contribution in [1.29, 1.82) is 0 Å². The second-order valence-electron chi connectivity index (χ2n) is 6.01. The second kappa shape index (κ2) is 7.47. The highest BCUT2D eigenvalue weighted by Crippen LogP contribution is 2.36. The molecule has 0 aliphatic carbocycles. The number of nitro benzene ring substituents is 1. The molecule has 4 aromatic rings. The van der Waals surface area contributed by atoms with Gasteiger partial charge in [0.1, 0.15) is 11.5 Å². The molecular formula is C20H15N3O6. The van der Waals surface area contributed by atoms with Crippen LogP contribution in [0.3, 0.4) is 0 Å². The van der Waals surface area contributed by atoms with Crippen LogP contribution in [0.2, 0.25) is 0 Å². The maximum absolute atomic E-state index is 11.6. The number of aromatic nitrogens is 2. The van der Waals surface area contributed by atoms with Gasteiger partial charge in [-0.05, 0) is 31.2 Å². The summed E-state index contributed by atoms with van der Waals surface area (Å²) in [6.45, 7) is 1.88. The summed E-state index contributed by atoms with van der Waals surface area (Å²) < 4.78 is 15.8.